The third-order valence-electron chi connectivity index (χ3n) is 3.62. The molecule has 0 fully saturated rings. The molecule has 1 aromatic carbocycles. The van der Waals surface area contributed by atoms with E-state index in [-0.39, 0.29) is 11.6 Å². The number of para-hydroxylation sites is 2. The van der Waals surface area contributed by atoms with Gasteiger partial charge in [0, 0.05) is 13.1 Å². The quantitative estimate of drug-likeness (QED) is 0.751. The molecule has 2 rings (SSSR count). The van der Waals surface area contributed by atoms with E-state index in [0.29, 0.717) is 18.0 Å². The number of rotatable bonds is 9. The first kappa shape index (κ1) is 18.7. The van der Waals surface area contributed by atoms with E-state index in [1.54, 1.807) is 12.3 Å². The van der Waals surface area contributed by atoms with Crippen molar-refractivity contribution in [1.29, 1.82) is 0 Å². The minimum atomic E-state index is -0.302. The van der Waals surface area contributed by atoms with Crippen molar-refractivity contribution in [3.63, 3.8) is 0 Å². The lowest BCUT2D eigenvalue weighted by Crippen LogP contribution is -2.26. The van der Waals surface area contributed by atoms with Gasteiger partial charge < -0.3 is 15.0 Å². The molecular formula is C19H26N4O2. The number of carbonyl (C=O) groups is 1. The van der Waals surface area contributed by atoms with E-state index in [1.165, 1.54) is 6.20 Å². The lowest BCUT2D eigenvalue weighted by atomic mass is 10.3. The Balaban J connectivity index is 2.10. The number of hydrogen-bond donors (Lipinski definition) is 1. The van der Waals surface area contributed by atoms with Gasteiger partial charge in [-0.05, 0) is 31.9 Å². The van der Waals surface area contributed by atoms with Gasteiger partial charge in [-0.3, -0.25) is 4.79 Å². The minimum Gasteiger partial charge on any atom is -0.492 e. The van der Waals surface area contributed by atoms with Crippen LogP contribution in [0.4, 0.5) is 11.5 Å². The van der Waals surface area contributed by atoms with Crippen LogP contribution >= 0.6 is 0 Å². The SMILES string of the molecule is CCCN(CCC)c1cnc(C(=O)Nc2ccccc2OCC)cn1. The molecular weight excluding hydrogens is 316 g/mol. The van der Waals surface area contributed by atoms with Crippen LogP contribution in [0.3, 0.4) is 0 Å². The molecule has 0 saturated carbocycles. The van der Waals surface area contributed by atoms with Crippen LogP contribution in [-0.4, -0.2) is 35.6 Å². The average molecular weight is 342 g/mol. The summed E-state index contributed by atoms with van der Waals surface area (Å²) < 4.78 is 5.52. The van der Waals surface area contributed by atoms with Crippen molar-refractivity contribution in [1.82, 2.24) is 9.97 Å². The van der Waals surface area contributed by atoms with E-state index in [4.69, 9.17) is 4.74 Å². The Morgan fingerprint density at radius 3 is 2.40 bits per heavy atom. The van der Waals surface area contributed by atoms with Crippen molar-refractivity contribution >= 4 is 17.4 Å². The molecule has 1 amide bonds. The molecule has 0 saturated heterocycles. The van der Waals surface area contributed by atoms with E-state index in [0.717, 1.165) is 31.7 Å². The molecule has 1 N–H and O–H groups in total. The fraction of sp³-hybridized carbons (Fsp3) is 0.421. The molecule has 1 aromatic heterocycles. The van der Waals surface area contributed by atoms with Gasteiger partial charge in [0.25, 0.3) is 5.91 Å². The van der Waals surface area contributed by atoms with Crippen LogP contribution in [0.15, 0.2) is 36.7 Å². The van der Waals surface area contributed by atoms with Crippen LogP contribution in [0.5, 0.6) is 5.75 Å². The molecule has 0 atom stereocenters. The Morgan fingerprint density at radius 2 is 1.80 bits per heavy atom. The van der Waals surface area contributed by atoms with Crippen molar-refractivity contribution in [2.24, 2.45) is 0 Å². The fourth-order valence-corrected chi connectivity index (χ4v) is 2.52. The molecule has 2 aromatic rings. The Labute approximate surface area is 149 Å². The van der Waals surface area contributed by atoms with Gasteiger partial charge in [-0.1, -0.05) is 26.0 Å². The number of anilines is 2. The summed E-state index contributed by atoms with van der Waals surface area (Å²) >= 11 is 0. The molecule has 0 aliphatic heterocycles. The van der Waals surface area contributed by atoms with Crippen molar-refractivity contribution in [2.45, 2.75) is 33.6 Å². The highest BCUT2D eigenvalue weighted by Gasteiger charge is 2.13. The summed E-state index contributed by atoms with van der Waals surface area (Å²) in [5.41, 5.74) is 0.904. The summed E-state index contributed by atoms with van der Waals surface area (Å²) in [5.74, 6) is 1.14. The average Bonchev–Trinajstić information content (AvgIpc) is 2.63. The monoisotopic (exact) mass is 342 g/mol. The number of ether oxygens (including phenoxy) is 1. The van der Waals surface area contributed by atoms with Gasteiger partial charge in [-0.15, -0.1) is 0 Å². The summed E-state index contributed by atoms with van der Waals surface area (Å²) in [5, 5.41) is 2.83. The summed E-state index contributed by atoms with van der Waals surface area (Å²) in [6.45, 7) is 8.56. The van der Waals surface area contributed by atoms with Crippen LogP contribution < -0.4 is 15.0 Å². The first-order valence-corrected chi connectivity index (χ1v) is 8.79. The molecule has 6 nitrogen and oxygen atoms in total. The maximum atomic E-state index is 12.4. The van der Waals surface area contributed by atoms with E-state index >= 15 is 0 Å². The molecule has 0 unspecified atom stereocenters. The zero-order valence-corrected chi connectivity index (χ0v) is 15.2. The number of aromatic nitrogens is 2. The van der Waals surface area contributed by atoms with E-state index in [9.17, 15) is 4.79 Å². The lowest BCUT2D eigenvalue weighted by molar-refractivity contribution is 0.102. The Kier molecular flexibility index (Phi) is 7.19. The second-order valence-corrected chi connectivity index (χ2v) is 5.63. The standard InChI is InChI=1S/C19H26N4O2/c1-4-11-23(12-5-2)18-14-20-16(13-21-18)19(24)22-15-9-7-8-10-17(15)25-6-3/h7-10,13-14H,4-6,11-12H2,1-3H3,(H,22,24). The Hall–Kier alpha value is -2.63. The highest BCUT2D eigenvalue weighted by Crippen LogP contribution is 2.24. The van der Waals surface area contributed by atoms with E-state index in [1.807, 2.05) is 25.1 Å². The lowest BCUT2D eigenvalue weighted by Gasteiger charge is -2.22. The molecule has 0 aliphatic carbocycles. The van der Waals surface area contributed by atoms with Crippen LogP contribution in [0, 0.1) is 0 Å². The van der Waals surface area contributed by atoms with Crippen LogP contribution in [0.25, 0.3) is 0 Å². The van der Waals surface area contributed by atoms with E-state index in [2.05, 4.69) is 34.0 Å². The number of nitrogens with one attached hydrogen (secondary N) is 1. The largest absolute Gasteiger partial charge is 0.492 e. The van der Waals surface area contributed by atoms with Gasteiger partial charge in [-0.2, -0.15) is 0 Å². The second kappa shape index (κ2) is 9.61. The maximum absolute atomic E-state index is 12.4. The van der Waals surface area contributed by atoms with Crippen LogP contribution in [0.2, 0.25) is 0 Å². The predicted molar refractivity (Wildman–Crippen MR) is 100 cm³/mol. The van der Waals surface area contributed by atoms with Gasteiger partial charge >= 0.3 is 0 Å². The number of hydrogen-bond acceptors (Lipinski definition) is 5. The molecule has 0 radical (unpaired) electrons. The van der Waals surface area contributed by atoms with Crippen molar-refractivity contribution in [3.8, 4) is 5.75 Å². The van der Waals surface area contributed by atoms with Gasteiger partial charge in [0.2, 0.25) is 0 Å². The summed E-state index contributed by atoms with van der Waals surface area (Å²) in [6.07, 6.45) is 5.26. The van der Waals surface area contributed by atoms with Crippen molar-refractivity contribution < 1.29 is 9.53 Å². The van der Waals surface area contributed by atoms with Gasteiger partial charge in [0.15, 0.2) is 0 Å². The zero-order chi connectivity index (χ0) is 18.1. The number of benzene rings is 1. The molecule has 25 heavy (non-hydrogen) atoms. The summed E-state index contributed by atoms with van der Waals surface area (Å²) in [7, 11) is 0. The van der Waals surface area contributed by atoms with Gasteiger partial charge in [0.1, 0.15) is 17.3 Å². The predicted octanol–water partition coefficient (Wildman–Crippen LogP) is 3.75. The van der Waals surface area contributed by atoms with Crippen molar-refractivity contribution in [2.75, 3.05) is 29.9 Å². The molecule has 134 valence electrons. The number of carbonyl (C=O) groups excluding carboxylic acids is 1. The summed E-state index contributed by atoms with van der Waals surface area (Å²) in [6, 6.07) is 7.34. The van der Waals surface area contributed by atoms with Crippen LogP contribution in [-0.2, 0) is 0 Å². The molecule has 0 spiro atoms. The molecule has 0 aliphatic rings. The first-order valence-electron chi connectivity index (χ1n) is 8.79. The second-order valence-electron chi connectivity index (χ2n) is 5.63. The summed E-state index contributed by atoms with van der Waals surface area (Å²) in [4.78, 5) is 23.3. The molecule has 1 heterocycles. The zero-order valence-electron chi connectivity index (χ0n) is 15.2. The van der Waals surface area contributed by atoms with E-state index < -0.39 is 0 Å². The number of nitrogens with zero attached hydrogens (tertiary/aromatic N) is 3. The maximum Gasteiger partial charge on any atom is 0.275 e. The minimum absolute atomic E-state index is 0.281. The van der Waals surface area contributed by atoms with Gasteiger partial charge in [-0.25, -0.2) is 9.97 Å². The molecule has 6 heteroatoms. The van der Waals surface area contributed by atoms with Crippen LogP contribution in [0.1, 0.15) is 44.1 Å². The Morgan fingerprint density at radius 1 is 1.08 bits per heavy atom. The third kappa shape index (κ3) is 5.17. The smallest absolute Gasteiger partial charge is 0.275 e. The van der Waals surface area contributed by atoms with Crippen molar-refractivity contribution in [3.05, 3.63) is 42.4 Å². The van der Waals surface area contributed by atoms with Gasteiger partial charge in [0.05, 0.1) is 24.7 Å². The third-order valence-corrected chi connectivity index (χ3v) is 3.62. The Bertz CT molecular complexity index is 667. The fourth-order valence-electron chi connectivity index (χ4n) is 2.52. The highest BCUT2D eigenvalue weighted by atomic mass is 16.5. The topological polar surface area (TPSA) is 67.4 Å². The molecule has 0 bridgehead atoms. The highest BCUT2D eigenvalue weighted by molar-refractivity contribution is 6.03. The first-order chi connectivity index (χ1) is 12.2. The normalized spacial score (nSPS) is 10.4. The number of amides is 1.